The minimum absolute atomic E-state index is 0.0974. The third-order valence-corrected chi connectivity index (χ3v) is 3.76. The Morgan fingerprint density at radius 1 is 1.29 bits per heavy atom. The van der Waals surface area contributed by atoms with Gasteiger partial charge < -0.3 is 10.2 Å². The van der Waals surface area contributed by atoms with Crippen LogP contribution in [0.1, 0.15) is 32.8 Å². The van der Waals surface area contributed by atoms with Gasteiger partial charge in [-0.05, 0) is 31.5 Å². The Balaban J connectivity index is 2.98. The summed E-state index contributed by atoms with van der Waals surface area (Å²) in [6.07, 6.45) is 0.328. The van der Waals surface area contributed by atoms with E-state index in [1.807, 2.05) is 6.92 Å². The standard InChI is InChI=1S/C15H20Cl2N2O2/c1-4-14(20)19(10(3)15(21)18-5-2)9-11-6-7-12(16)8-13(11)17/h6-8,10H,4-5,9H2,1-3H3,(H,18,21)/t10-/m1/s1. The van der Waals surface area contributed by atoms with Crippen molar-refractivity contribution in [1.29, 1.82) is 0 Å². The van der Waals surface area contributed by atoms with E-state index >= 15 is 0 Å². The lowest BCUT2D eigenvalue weighted by Crippen LogP contribution is -2.47. The number of hydrogen-bond donors (Lipinski definition) is 1. The zero-order valence-electron chi connectivity index (χ0n) is 12.5. The Labute approximate surface area is 135 Å². The minimum Gasteiger partial charge on any atom is -0.355 e. The number of carbonyl (C=O) groups excluding carboxylic acids is 2. The molecule has 1 N–H and O–H groups in total. The van der Waals surface area contributed by atoms with E-state index in [-0.39, 0.29) is 18.4 Å². The first-order valence-corrected chi connectivity index (χ1v) is 7.67. The third kappa shape index (κ3) is 4.90. The second-order valence-electron chi connectivity index (χ2n) is 4.68. The quantitative estimate of drug-likeness (QED) is 0.870. The number of nitrogens with zero attached hydrogens (tertiary/aromatic N) is 1. The van der Waals surface area contributed by atoms with Crippen LogP contribution in [0.4, 0.5) is 0 Å². The highest BCUT2D eigenvalue weighted by atomic mass is 35.5. The molecule has 1 rings (SSSR count). The summed E-state index contributed by atoms with van der Waals surface area (Å²) in [5, 5.41) is 3.75. The summed E-state index contributed by atoms with van der Waals surface area (Å²) in [5.74, 6) is -0.274. The van der Waals surface area contributed by atoms with Crippen LogP contribution in [0.5, 0.6) is 0 Å². The summed E-state index contributed by atoms with van der Waals surface area (Å²) in [6, 6.07) is 4.56. The molecule has 2 amide bonds. The molecule has 6 heteroatoms. The van der Waals surface area contributed by atoms with Crippen LogP contribution < -0.4 is 5.32 Å². The molecule has 0 aliphatic carbocycles. The zero-order valence-corrected chi connectivity index (χ0v) is 14.0. The van der Waals surface area contributed by atoms with Gasteiger partial charge in [0.15, 0.2) is 0 Å². The summed E-state index contributed by atoms with van der Waals surface area (Å²) in [5.41, 5.74) is 0.763. The predicted octanol–water partition coefficient (Wildman–Crippen LogP) is 3.26. The molecule has 0 saturated carbocycles. The molecule has 4 nitrogen and oxygen atoms in total. The molecule has 0 saturated heterocycles. The lowest BCUT2D eigenvalue weighted by molar-refractivity contribution is -0.140. The van der Waals surface area contributed by atoms with Crippen molar-refractivity contribution in [2.75, 3.05) is 6.54 Å². The number of carbonyl (C=O) groups is 2. The number of rotatable bonds is 6. The fraction of sp³-hybridized carbons (Fsp3) is 0.467. The average molecular weight is 331 g/mol. The maximum Gasteiger partial charge on any atom is 0.242 e. The molecule has 0 bridgehead atoms. The Bertz CT molecular complexity index is 520. The first-order valence-electron chi connectivity index (χ1n) is 6.91. The smallest absolute Gasteiger partial charge is 0.242 e. The van der Waals surface area contributed by atoms with Crippen LogP contribution in [-0.2, 0) is 16.1 Å². The summed E-state index contributed by atoms with van der Waals surface area (Å²) in [7, 11) is 0. The molecule has 0 aliphatic rings. The lowest BCUT2D eigenvalue weighted by atomic mass is 10.1. The highest BCUT2D eigenvalue weighted by Gasteiger charge is 2.25. The van der Waals surface area contributed by atoms with Crippen LogP contribution in [0.3, 0.4) is 0 Å². The largest absolute Gasteiger partial charge is 0.355 e. The van der Waals surface area contributed by atoms with E-state index in [9.17, 15) is 9.59 Å². The third-order valence-electron chi connectivity index (χ3n) is 3.18. The van der Waals surface area contributed by atoms with Crippen LogP contribution in [0.15, 0.2) is 18.2 Å². The van der Waals surface area contributed by atoms with Gasteiger partial charge in [-0.15, -0.1) is 0 Å². The van der Waals surface area contributed by atoms with Crippen LogP contribution in [0, 0.1) is 0 Å². The average Bonchev–Trinajstić information content (AvgIpc) is 2.45. The summed E-state index contributed by atoms with van der Waals surface area (Å²) >= 11 is 12.0. The van der Waals surface area contributed by atoms with Gasteiger partial charge >= 0.3 is 0 Å². The van der Waals surface area contributed by atoms with E-state index in [0.717, 1.165) is 5.56 Å². The van der Waals surface area contributed by atoms with Crippen molar-refractivity contribution in [1.82, 2.24) is 10.2 Å². The van der Waals surface area contributed by atoms with E-state index in [4.69, 9.17) is 23.2 Å². The molecule has 0 fully saturated rings. The maximum atomic E-state index is 12.1. The van der Waals surface area contributed by atoms with Crippen LogP contribution >= 0.6 is 23.2 Å². The molecule has 1 aromatic carbocycles. The monoisotopic (exact) mass is 330 g/mol. The molecule has 0 aromatic heterocycles. The van der Waals surface area contributed by atoms with Gasteiger partial charge in [0.2, 0.25) is 11.8 Å². The molecule has 0 radical (unpaired) electrons. The van der Waals surface area contributed by atoms with Crippen molar-refractivity contribution < 1.29 is 9.59 Å². The van der Waals surface area contributed by atoms with Crippen LogP contribution in [0.25, 0.3) is 0 Å². The second-order valence-corrected chi connectivity index (χ2v) is 5.53. The fourth-order valence-corrected chi connectivity index (χ4v) is 2.41. The van der Waals surface area contributed by atoms with Crippen molar-refractivity contribution in [3.8, 4) is 0 Å². The molecular weight excluding hydrogens is 311 g/mol. The normalized spacial score (nSPS) is 11.9. The molecule has 0 heterocycles. The molecule has 0 aliphatic heterocycles. The maximum absolute atomic E-state index is 12.1. The molecule has 21 heavy (non-hydrogen) atoms. The Morgan fingerprint density at radius 2 is 1.95 bits per heavy atom. The highest BCUT2D eigenvalue weighted by molar-refractivity contribution is 6.35. The van der Waals surface area contributed by atoms with Gasteiger partial charge in [-0.1, -0.05) is 36.2 Å². The van der Waals surface area contributed by atoms with Crippen molar-refractivity contribution in [2.24, 2.45) is 0 Å². The van der Waals surface area contributed by atoms with E-state index in [2.05, 4.69) is 5.32 Å². The predicted molar refractivity (Wildman–Crippen MR) is 85.4 cm³/mol. The Morgan fingerprint density at radius 3 is 2.48 bits per heavy atom. The Hall–Kier alpha value is -1.26. The topological polar surface area (TPSA) is 49.4 Å². The van der Waals surface area contributed by atoms with Gasteiger partial charge in [-0.3, -0.25) is 9.59 Å². The molecular formula is C15H20Cl2N2O2. The summed E-state index contributed by atoms with van der Waals surface area (Å²) in [6.45, 7) is 6.12. The number of benzene rings is 1. The van der Waals surface area contributed by atoms with Crippen molar-refractivity contribution >= 4 is 35.0 Å². The number of halogens is 2. The van der Waals surface area contributed by atoms with E-state index in [1.54, 1.807) is 32.0 Å². The number of hydrogen-bond acceptors (Lipinski definition) is 2. The van der Waals surface area contributed by atoms with Crippen molar-refractivity contribution in [2.45, 2.75) is 39.8 Å². The minimum atomic E-state index is -0.552. The molecule has 1 atom stereocenters. The van der Waals surface area contributed by atoms with Gasteiger partial charge in [-0.2, -0.15) is 0 Å². The first-order chi connectivity index (χ1) is 9.90. The number of likely N-dealkylation sites (N-methyl/N-ethyl adjacent to an activating group) is 1. The zero-order chi connectivity index (χ0) is 16.0. The lowest BCUT2D eigenvalue weighted by Gasteiger charge is -2.28. The van der Waals surface area contributed by atoms with Gasteiger partial charge in [0.1, 0.15) is 6.04 Å². The van der Waals surface area contributed by atoms with Gasteiger partial charge in [0.25, 0.3) is 0 Å². The number of amides is 2. The van der Waals surface area contributed by atoms with Gasteiger partial charge in [-0.25, -0.2) is 0 Å². The van der Waals surface area contributed by atoms with Crippen molar-refractivity contribution in [3.63, 3.8) is 0 Å². The Kier molecular flexibility index (Phi) is 6.99. The highest BCUT2D eigenvalue weighted by Crippen LogP contribution is 2.23. The summed E-state index contributed by atoms with van der Waals surface area (Å²) < 4.78 is 0. The molecule has 0 spiro atoms. The molecule has 116 valence electrons. The first kappa shape index (κ1) is 17.8. The van der Waals surface area contributed by atoms with E-state index in [0.29, 0.717) is 23.0 Å². The fourth-order valence-electron chi connectivity index (χ4n) is 1.94. The van der Waals surface area contributed by atoms with Crippen LogP contribution in [0.2, 0.25) is 10.0 Å². The molecule has 1 aromatic rings. The summed E-state index contributed by atoms with van der Waals surface area (Å²) in [4.78, 5) is 25.6. The van der Waals surface area contributed by atoms with Crippen LogP contribution in [-0.4, -0.2) is 29.3 Å². The van der Waals surface area contributed by atoms with Gasteiger partial charge in [0.05, 0.1) is 0 Å². The van der Waals surface area contributed by atoms with E-state index < -0.39 is 6.04 Å². The van der Waals surface area contributed by atoms with Crippen molar-refractivity contribution in [3.05, 3.63) is 33.8 Å². The second kappa shape index (κ2) is 8.25. The SMILES string of the molecule is CCNC(=O)[C@@H](C)N(Cc1ccc(Cl)cc1Cl)C(=O)CC. The van der Waals surface area contributed by atoms with E-state index in [1.165, 1.54) is 4.90 Å². The van der Waals surface area contributed by atoms with Gasteiger partial charge in [0, 0.05) is 29.6 Å². The molecule has 0 unspecified atom stereocenters. The number of nitrogens with one attached hydrogen (secondary N) is 1.